The summed E-state index contributed by atoms with van der Waals surface area (Å²) in [6, 6.07) is 1.97. The molecule has 6 heteroatoms. The van der Waals surface area contributed by atoms with Crippen molar-refractivity contribution in [3.05, 3.63) is 11.9 Å². The second-order valence-electron chi connectivity index (χ2n) is 5.83. The number of aromatic nitrogens is 2. The van der Waals surface area contributed by atoms with Crippen molar-refractivity contribution in [1.29, 1.82) is 0 Å². The van der Waals surface area contributed by atoms with Gasteiger partial charge in [0.05, 0.1) is 5.60 Å². The first-order valence-electron chi connectivity index (χ1n) is 7.62. The molecule has 0 spiro atoms. The van der Waals surface area contributed by atoms with Gasteiger partial charge in [-0.25, -0.2) is 9.97 Å². The summed E-state index contributed by atoms with van der Waals surface area (Å²) in [4.78, 5) is 11.2. The summed E-state index contributed by atoms with van der Waals surface area (Å²) in [6.45, 7) is 6.89. The molecule has 0 bridgehead atoms. The standard InChI is InChI=1S/C15H26N4O2/c1-4-16-12-10-14(18-13(17-12)11-21-3)19-8-5-6-15(2,20)7-9-19/h10,20H,4-9,11H2,1-3H3,(H,16,17,18). The monoisotopic (exact) mass is 294 g/mol. The predicted octanol–water partition coefficient (Wildman–Crippen LogP) is 1.80. The van der Waals surface area contributed by atoms with Crippen molar-refractivity contribution >= 4 is 11.6 Å². The zero-order valence-electron chi connectivity index (χ0n) is 13.2. The minimum absolute atomic E-state index is 0.401. The maximum atomic E-state index is 10.2. The van der Waals surface area contributed by atoms with Crippen molar-refractivity contribution in [1.82, 2.24) is 9.97 Å². The average Bonchev–Trinajstić information content (AvgIpc) is 2.60. The van der Waals surface area contributed by atoms with Crippen molar-refractivity contribution in [2.45, 2.75) is 45.3 Å². The number of ether oxygens (including phenoxy) is 1. The third-order valence-corrected chi connectivity index (χ3v) is 3.78. The Balaban J connectivity index is 2.20. The number of anilines is 2. The first kappa shape index (κ1) is 16.0. The minimum Gasteiger partial charge on any atom is -0.390 e. The molecule has 2 N–H and O–H groups in total. The molecule has 1 aliphatic rings. The molecular formula is C15H26N4O2. The van der Waals surface area contributed by atoms with Crippen LogP contribution in [0.5, 0.6) is 0 Å². The summed E-state index contributed by atoms with van der Waals surface area (Å²) >= 11 is 0. The fourth-order valence-corrected chi connectivity index (χ4v) is 2.60. The van der Waals surface area contributed by atoms with Crippen LogP contribution in [0.15, 0.2) is 6.07 Å². The number of rotatable bonds is 5. The summed E-state index contributed by atoms with van der Waals surface area (Å²) < 4.78 is 5.15. The van der Waals surface area contributed by atoms with Crippen molar-refractivity contribution in [2.24, 2.45) is 0 Å². The molecule has 1 aromatic rings. The third-order valence-electron chi connectivity index (χ3n) is 3.78. The minimum atomic E-state index is -0.568. The molecule has 0 aromatic carbocycles. The van der Waals surface area contributed by atoms with Crippen LogP contribution in [0.25, 0.3) is 0 Å². The van der Waals surface area contributed by atoms with Crippen molar-refractivity contribution in [3.63, 3.8) is 0 Å². The molecule has 21 heavy (non-hydrogen) atoms. The molecule has 1 aliphatic heterocycles. The smallest absolute Gasteiger partial charge is 0.158 e. The van der Waals surface area contributed by atoms with Gasteiger partial charge in [-0.2, -0.15) is 0 Å². The van der Waals surface area contributed by atoms with Crippen molar-refractivity contribution in [2.75, 3.05) is 37.0 Å². The second-order valence-corrected chi connectivity index (χ2v) is 5.83. The lowest BCUT2D eigenvalue weighted by Gasteiger charge is -2.24. The molecule has 0 amide bonds. The second kappa shape index (κ2) is 7.04. The summed E-state index contributed by atoms with van der Waals surface area (Å²) in [7, 11) is 1.64. The van der Waals surface area contributed by atoms with Crippen LogP contribution in [-0.4, -0.2) is 47.4 Å². The van der Waals surface area contributed by atoms with Crippen LogP contribution in [-0.2, 0) is 11.3 Å². The normalized spacial score (nSPS) is 23.0. The summed E-state index contributed by atoms with van der Waals surface area (Å²) in [5, 5.41) is 13.4. The lowest BCUT2D eigenvalue weighted by Crippen LogP contribution is -2.29. The number of nitrogens with zero attached hydrogens (tertiary/aromatic N) is 3. The van der Waals surface area contributed by atoms with E-state index in [1.54, 1.807) is 7.11 Å². The van der Waals surface area contributed by atoms with Gasteiger partial charge in [0, 0.05) is 32.8 Å². The summed E-state index contributed by atoms with van der Waals surface area (Å²) in [5.41, 5.74) is -0.568. The topological polar surface area (TPSA) is 70.5 Å². The van der Waals surface area contributed by atoms with E-state index in [1.165, 1.54) is 0 Å². The maximum Gasteiger partial charge on any atom is 0.158 e. The quantitative estimate of drug-likeness (QED) is 0.863. The van der Waals surface area contributed by atoms with Gasteiger partial charge in [0.1, 0.15) is 18.2 Å². The van der Waals surface area contributed by atoms with E-state index < -0.39 is 5.60 Å². The van der Waals surface area contributed by atoms with Gasteiger partial charge in [0.15, 0.2) is 5.82 Å². The van der Waals surface area contributed by atoms with Crippen LogP contribution >= 0.6 is 0 Å². The third kappa shape index (κ3) is 4.54. The number of hydrogen-bond acceptors (Lipinski definition) is 6. The van der Waals surface area contributed by atoms with Gasteiger partial charge < -0.3 is 20.1 Å². The molecule has 1 fully saturated rings. The van der Waals surface area contributed by atoms with E-state index in [0.717, 1.165) is 50.5 Å². The van der Waals surface area contributed by atoms with Gasteiger partial charge >= 0.3 is 0 Å². The van der Waals surface area contributed by atoms with Crippen LogP contribution in [0, 0.1) is 0 Å². The van der Waals surface area contributed by atoms with Gasteiger partial charge in [-0.15, -0.1) is 0 Å². The zero-order chi connectivity index (χ0) is 15.3. The summed E-state index contributed by atoms with van der Waals surface area (Å²) in [5.74, 6) is 2.42. The van der Waals surface area contributed by atoms with E-state index in [9.17, 15) is 5.11 Å². The van der Waals surface area contributed by atoms with E-state index in [4.69, 9.17) is 4.74 Å². The molecule has 6 nitrogen and oxygen atoms in total. The van der Waals surface area contributed by atoms with Crippen molar-refractivity contribution in [3.8, 4) is 0 Å². The Morgan fingerprint density at radius 3 is 2.90 bits per heavy atom. The number of nitrogens with one attached hydrogen (secondary N) is 1. The SMILES string of the molecule is CCNc1cc(N2CCCC(C)(O)CC2)nc(COC)n1. The van der Waals surface area contributed by atoms with E-state index in [1.807, 2.05) is 19.9 Å². The van der Waals surface area contributed by atoms with Gasteiger partial charge in [-0.05, 0) is 33.1 Å². The molecule has 0 saturated carbocycles. The van der Waals surface area contributed by atoms with Gasteiger partial charge in [0.25, 0.3) is 0 Å². The number of methoxy groups -OCH3 is 1. The molecule has 1 saturated heterocycles. The Kier molecular flexibility index (Phi) is 5.36. The Bertz CT molecular complexity index is 441. The Morgan fingerprint density at radius 1 is 1.38 bits per heavy atom. The molecule has 1 aromatic heterocycles. The van der Waals surface area contributed by atoms with E-state index >= 15 is 0 Å². The van der Waals surface area contributed by atoms with Crippen LogP contribution < -0.4 is 10.2 Å². The molecule has 118 valence electrons. The van der Waals surface area contributed by atoms with Crippen LogP contribution in [0.3, 0.4) is 0 Å². The van der Waals surface area contributed by atoms with Crippen LogP contribution in [0.2, 0.25) is 0 Å². The molecule has 2 heterocycles. The zero-order valence-corrected chi connectivity index (χ0v) is 13.2. The fourth-order valence-electron chi connectivity index (χ4n) is 2.60. The first-order chi connectivity index (χ1) is 10.0. The van der Waals surface area contributed by atoms with E-state index in [0.29, 0.717) is 12.4 Å². The van der Waals surface area contributed by atoms with Crippen molar-refractivity contribution < 1.29 is 9.84 Å². The number of hydrogen-bond donors (Lipinski definition) is 2. The first-order valence-corrected chi connectivity index (χ1v) is 7.62. The average molecular weight is 294 g/mol. The van der Waals surface area contributed by atoms with Gasteiger partial charge in [0.2, 0.25) is 0 Å². The van der Waals surface area contributed by atoms with Crippen LogP contribution in [0.4, 0.5) is 11.6 Å². The number of aliphatic hydroxyl groups is 1. The predicted molar refractivity (Wildman–Crippen MR) is 83.6 cm³/mol. The summed E-state index contributed by atoms with van der Waals surface area (Å²) in [6.07, 6.45) is 2.56. The highest BCUT2D eigenvalue weighted by Gasteiger charge is 2.25. The highest BCUT2D eigenvalue weighted by atomic mass is 16.5. The largest absolute Gasteiger partial charge is 0.390 e. The Hall–Kier alpha value is -1.40. The highest BCUT2D eigenvalue weighted by Crippen LogP contribution is 2.25. The van der Waals surface area contributed by atoms with E-state index in [-0.39, 0.29) is 0 Å². The molecular weight excluding hydrogens is 268 g/mol. The van der Waals surface area contributed by atoms with Gasteiger partial charge in [-0.1, -0.05) is 0 Å². The van der Waals surface area contributed by atoms with E-state index in [2.05, 4.69) is 20.2 Å². The fraction of sp³-hybridized carbons (Fsp3) is 0.733. The Labute approximate surface area is 126 Å². The molecule has 0 aliphatic carbocycles. The van der Waals surface area contributed by atoms with Gasteiger partial charge in [-0.3, -0.25) is 0 Å². The molecule has 1 unspecified atom stereocenters. The molecule has 1 atom stereocenters. The Morgan fingerprint density at radius 2 is 2.19 bits per heavy atom. The molecule has 2 rings (SSSR count). The maximum absolute atomic E-state index is 10.2. The lowest BCUT2D eigenvalue weighted by atomic mass is 9.98. The molecule has 0 radical (unpaired) electrons. The highest BCUT2D eigenvalue weighted by molar-refractivity contribution is 5.49. The lowest BCUT2D eigenvalue weighted by molar-refractivity contribution is 0.0481. The van der Waals surface area contributed by atoms with Crippen LogP contribution in [0.1, 0.15) is 38.9 Å².